The lowest BCUT2D eigenvalue weighted by Gasteiger charge is -2.14. The van der Waals surface area contributed by atoms with Gasteiger partial charge in [0.05, 0.1) is 18.8 Å². The number of carbonyl (C=O) groups is 2. The van der Waals surface area contributed by atoms with Gasteiger partial charge < -0.3 is 20.5 Å². The molecule has 1 aliphatic carbocycles. The van der Waals surface area contributed by atoms with Crippen LogP contribution in [0.4, 0.5) is 0 Å². The Kier molecular flexibility index (Phi) is 8.65. The van der Waals surface area contributed by atoms with Crippen LogP contribution in [0.5, 0.6) is 0 Å². The summed E-state index contributed by atoms with van der Waals surface area (Å²) in [5, 5.41) is 16.0. The normalized spacial score (nSPS) is 14.5. The van der Waals surface area contributed by atoms with Crippen molar-refractivity contribution < 1.29 is 19.4 Å². The molecule has 6 nitrogen and oxygen atoms in total. The van der Waals surface area contributed by atoms with Crippen LogP contribution in [0.15, 0.2) is 59.7 Å². The lowest BCUT2D eigenvalue weighted by Crippen LogP contribution is -2.38. The molecule has 0 aromatic heterocycles. The van der Waals surface area contributed by atoms with Crippen molar-refractivity contribution in [3.63, 3.8) is 0 Å². The molecule has 0 bridgehead atoms. The first kappa shape index (κ1) is 21.6. The first-order chi connectivity index (χ1) is 13.5. The van der Waals surface area contributed by atoms with Crippen molar-refractivity contribution in [3.8, 4) is 0 Å². The monoisotopic (exact) mass is 384 g/mol. The number of benzene rings is 1. The summed E-state index contributed by atoms with van der Waals surface area (Å²) in [4.78, 5) is 23.8. The molecule has 6 heteroatoms. The van der Waals surface area contributed by atoms with Crippen LogP contribution in [0.25, 0.3) is 0 Å². The Labute approximate surface area is 166 Å². The third kappa shape index (κ3) is 6.79. The summed E-state index contributed by atoms with van der Waals surface area (Å²) in [7, 11) is 1.29. The van der Waals surface area contributed by atoms with E-state index in [0.717, 1.165) is 12.8 Å². The van der Waals surface area contributed by atoms with Crippen LogP contribution in [0, 0.1) is 0 Å². The molecule has 0 fully saturated rings. The Hall–Kier alpha value is -2.70. The van der Waals surface area contributed by atoms with E-state index in [0.29, 0.717) is 24.2 Å². The zero-order valence-corrected chi connectivity index (χ0v) is 16.4. The Balaban J connectivity index is 1.76. The molecule has 0 spiro atoms. The molecule has 1 aromatic rings. The van der Waals surface area contributed by atoms with Crippen LogP contribution < -0.4 is 10.6 Å². The van der Waals surface area contributed by atoms with Gasteiger partial charge in [0, 0.05) is 25.2 Å². The quantitative estimate of drug-likeness (QED) is 0.569. The lowest BCUT2D eigenvalue weighted by atomic mass is 10.1. The molecule has 28 heavy (non-hydrogen) atoms. The number of aliphatic hydroxyl groups excluding tert-OH is 1. The lowest BCUT2D eigenvalue weighted by molar-refractivity contribution is 0.0600. The van der Waals surface area contributed by atoms with E-state index in [4.69, 9.17) is 0 Å². The zero-order valence-electron chi connectivity index (χ0n) is 16.4. The highest BCUT2D eigenvalue weighted by Crippen LogP contribution is 2.14. The summed E-state index contributed by atoms with van der Waals surface area (Å²) >= 11 is 0. The van der Waals surface area contributed by atoms with E-state index in [-0.39, 0.29) is 12.5 Å². The molecule has 1 amide bonds. The average Bonchev–Trinajstić information content (AvgIpc) is 2.96. The minimum Gasteiger partial charge on any atom is -0.465 e. The number of nitrogens with one attached hydrogen (secondary N) is 2. The molecule has 0 radical (unpaired) electrons. The van der Waals surface area contributed by atoms with E-state index < -0.39 is 12.1 Å². The molecule has 1 aliphatic rings. The number of rotatable bonds is 9. The first-order valence-electron chi connectivity index (χ1n) is 9.44. The van der Waals surface area contributed by atoms with Crippen molar-refractivity contribution in [2.24, 2.45) is 0 Å². The molecule has 3 N–H and O–H groups in total. The number of methoxy groups -OCH3 is 1. The van der Waals surface area contributed by atoms with Crippen molar-refractivity contribution in [2.45, 2.75) is 25.9 Å². The summed E-state index contributed by atoms with van der Waals surface area (Å²) in [6.45, 7) is 3.30. The van der Waals surface area contributed by atoms with Gasteiger partial charge in [-0.3, -0.25) is 4.79 Å². The van der Waals surface area contributed by atoms with E-state index in [9.17, 15) is 14.7 Å². The number of esters is 1. The molecule has 1 atom stereocenters. The van der Waals surface area contributed by atoms with E-state index in [1.807, 2.05) is 0 Å². The van der Waals surface area contributed by atoms with Gasteiger partial charge in [0.1, 0.15) is 0 Å². The van der Waals surface area contributed by atoms with Crippen molar-refractivity contribution in [1.82, 2.24) is 10.6 Å². The molecular weight excluding hydrogens is 356 g/mol. The van der Waals surface area contributed by atoms with E-state index >= 15 is 0 Å². The minimum atomic E-state index is -0.712. The number of amides is 1. The van der Waals surface area contributed by atoms with Crippen molar-refractivity contribution >= 4 is 11.9 Å². The van der Waals surface area contributed by atoms with Gasteiger partial charge in [-0.2, -0.15) is 0 Å². The number of carbonyl (C=O) groups excluding carboxylic acids is 2. The standard InChI is InChI=1S/C22H28N2O4/c1-3-16-7-4-5-8-17(11-16)13-23-14-20(25)15-24-21(26)18-9-6-10-19(12-18)22(27)28-2/h4-7,9-12,20,23,25H,3,8,13-15H2,1-2H3,(H,24,26). The summed E-state index contributed by atoms with van der Waals surface area (Å²) < 4.78 is 4.65. The molecule has 150 valence electrons. The Morgan fingerprint density at radius 2 is 2.04 bits per heavy atom. The SMILES string of the molecule is CCC1=CC=CCC(CNCC(O)CNC(=O)c2cccc(C(=O)OC)c2)=C1. The molecule has 1 unspecified atom stereocenters. The molecular formula is C22H28N2O4. The maximum Gasteiger partial charge on any atom is 0.337 e. The maximum absolute atomic E-state index is 12.2. The van der Waals surface area contributed by atoms with Crippen LogP contribution >= 0.6 is 0 Å². The topological polar surface area (TPSA) is 87.7 Å². The van der Waals surface area contributed by atoms with Gasteiger partial charge in [0.2, 0.25) is 0 Å². The summed E-state index contributed by atoms with van der Waals surface area (Å²) in [6.07, 6.45) is 9.66. The highest BCUT2D eigenvalue weighted by molar-refractivity contribution is 5.97. The predicted molar refractivity (Wildman–Crippen MR) is 109 cm³/mol. The molecule has 0 saturated heterocycles. The fraction of sp³-hybridized carbons (Fsp3) is 0.364. The van der Waals surface area contributed by atoms with Gasteiger partial charge in [-0.1, -0.05) is 42.9 Å². The van der Waals surface area contributed by atoms with E-state index in [2.05, 4.69) is 46.6 Å². The fourth-order valence-electron chi connectivity index (χ4n) is 2.81. The molecule has 2 rings (SSSR count). The van der Waals surface area contributed by atoms with Gasteiger partial charge in [-0.25, -0.2) is 4.79 Å². The van der Waals surface area contributed by atoms with Crippen LogP contribution in [0.3, 0.4) is 0 Å². The maximum atomic E-state index is 12.2. The number of hydrogen-bond acceptors (Lipinski definition) is 5. The minimum absolute atomic E-state index is 0.118. The van der Waals surface area contributed by atoms with Crippen LogP contribution in [0.1, 0.15) is 40.5 Å². The van der Waals surface area contributed by atoms with Gasteiger partial charge in [0.25, 0.3) is 5.91 Å². The van der Waals surface area contributed by atoms with Gasteiger partial charge >= 0.3 is 5.97 Å². The molecule has 0 saturated carbocycles. The smallest absolute Gasteiger partial charge is 0.337 e. The predicted octanol–water partition coefficient (Wildman–Crippen LogP) is 2.38. The van der Waals surface area contributed by atoms with E-state index in [1.54, 1.807) is 18.2 Å². The van der Waals surface area contributed by atoms with Gasteiger partial charge in [0.15, 0.2) is 0 Å². The third-order valence-electron chi connectivity index (χ3n) is 4.40. The summed E-state index contributed by atoms with van der Waals surface area (Å²) in [5.74, 6) is -0.846. The van der Waals surface area contributed by atoms with Crippen molar-refractivity contribution in [3.05, 3.63) is 70.8 Å². The number of ether oxygens (including phenoxy) is 1. The zero-order chi connectivity index (χ0) is 20.4. The van der Waals surface area contributed by atoms with Crippen LogP contribution in [0.2, 0.25) is 0 Å². The number of hydrogen-bond donors (Lipinski definition) is 3. The number of allylic oxidation sites excluding steroid dienone is 5. The van der Waals surface area contributed by atoms with Crippen molar-refractivity contribution in [1.29, 1.82) is 0 Å². The Bertz CT molecular complexity index is 780. The fourth-order valence-corrected chi connectivity index (χ4v) is 2.81. The second kappa shape index (κ2) is 11.2. The Morgan fingerprint density at radius 3 is 2.79 bits per heavy atom. The van der Waals surface area contributed by atoms with Gasteiger partial charge in [-0.15, -0.1) is 0 Å². The molecule has 0 aliphatic heterocycles. The highest BCUT2D eigenvalue weighted by atomic mass is 16.5. The summed E-state index contributed by atoms with van der Waals surface area (Å²) in [5.41, 5.74) is 3.20. The number of aliphatic hydroxyl groups is 1. The van der Waals surface area contributed by atoms with E-state index in [1.165, 1.54) is 24.3 Å². The summed E-state index contributed by atoms with van der Waals surface area (Å²) in [6, 6.07) is 6.28. The second-order valence-corrected chi connectivity index (χ2v) is 6.60. The van der Waals surface area contributed by atoms with Gasteiger partial charge in [-0.05, 0) is 36.6 Å². The third-order valence-corrected chi connectivity index (χ3v) is 4.40. The van der Waals surface area contributed by atoms with Crippen LogP contribution in [-0.2, 0) is 4.74 Å². The molecule has 0 heterocycles. The van der Waals surface area contributed by atoms with Crippen molar-refractivity contribution in [2.75, 3.05) is 26.7 Å². The largest absolute Gasteiger partial charge is 0.465 e. The molecule has 1 aromatic carbocycles. The first-order valence-corrected chi connectivity index (χ1v) is 9.44. The van der Waals surface area contributed by atoms with Crippen LogP contribution in [-0.4, -0.2) is 49.8 Å². The average molecular weight is 384 g/mol. The second-order valence-electron chi connectivity index (χ2n) is 6.60. The Morgan fingerprint density at radius 1 is 1.25 bits per heavy atom. The highest BCUT2D eigenvalue weighted by Gasteiger charge is 2.12.